The van der Waals surface area contributed by atoms with Crippen LogP contribution in [0.15, 0.2) is 18.2 Å². The average Bonchev–Trinajstić information content (AvgIpc) is 2.68. The van der Waals surface area contributed by atoms with Crippen LogP contribution in [0.2, 0.25) is 5.02 Å². The Morgan fingerprint density at radius 2 is 2.10 bits per heavy atom. The number of nitrogens with zero attached hydrogens (tertiary/aromatic N) is 2. The normalized spacial score (nSPS) is 10.8. The molecule has 1 aromatic carbocycles. The zero-order chi connectivity index (χ0) is 14.9. The maximum absolute atomic E-state index is 13.3. The van der Waals surface area contributed by atoms with Crippen LogP contribution in [0.5, 0.6) is 0 Å². The highest BCUT2D eigenvalue weighted by Gasteiger charge is 2.17. The van der Waals surface area contributed by atoms with E-state index in [9.17, 15) is 9.18 Å². The van der Waals surface area contributed by atoms with Crippen LogP contribution in [0.25, 0.3) is 0 Å². The molecule has 1 heterocycles. The van der Waals surface area contributed by atoms with Gasteiger partial charge < -0.3 is 0 Å². The molecule has 0 N–H and O–H groups in total. The van der Waals surface area contributed by atoms with E-state index in [4.69, 9.17) is 11.6 Å². The molecule has 0 bridgehead atoms. The van der Waals surface area contributed by atoms with Crippen molar-refractivity contribution < 1.29 is 9.18 Å². The summed E-state index contributed by atoms with van der Waals surface area (Å²) in [7, 11) is 0. The SMILES string of the molecule is CCC(=O)c1c(C)nn(Cc2cc(F)ccc2Cl)c1C. The summed E-state index contributed by atoms with van der Waals surface area (Å²) in [5, 5.41) is 4.85. The van der Waals surface area contributed by atoms with Gasteiger partial charge >= 0.3 is 0 Å². The van der Waals surface area contributed by atoms with Crippen molar-refractivity contribution in [3.05, 3.63) is 51.6 Å². The molecule has 2 rings (SSSR count). The molecule has 0 aliphatic carbocycles. The smallest absolute Gasteiger partial charge is 0.166 e. The number of benzene rings is 1. The molecule has 0 saturated heterocycles. The molecule has 5 heteroatoms. The monoisotopic (exact) mass is 294 g/mol. The van der Waals surface area contributed by atoms with E-state index in [0.29, 0.717) is 34.8 Å². The largest absolute Gasteiger partial charge is 0.294 e. The lowest BCUT2D eigenvalue weighted by Gasteiger charge is -2.07. The fraction of sp³-hybridized carbons (Fsp3) is 0.333. The van der Waals surface area contributed by atoms with Gasteiger partial charge in [-0.3, -0.25) is 9.48 Å². The van der Waals surface area contributed by atoms with Gasteiger partial charge in [0.1, 0.15) is 5.82 Å². The Bertz CT molecular complexity index is 664. The average molecular weight is 295 g/mol. The number of rotatable bonds is 4. The van der Waals surface area contributed by atoms with Crippen molar-refractivity contribution in [3.63, 3.8) is 0 Å². The first-order chi connectivity index (χ1) is 9.43. The third-order valence-electron chi connectivity index (χ3n) is 3.31. The van der Waals surface area contributed by atoms with Gasteiger partial charge in [0.2, 0.25) is 0 Å². The Morgan fingerprint density at radius 3 is 2.75 bits per heavy atom. The summed E-state index contributed by atoms with van der Waals surface area (Å²) in [4.78, 5) is 11.9. The number of hydrogen-bond donors (Lipinski definition) is 0. The minimum Gasteiger partial charge on any atom is -0.294 e. The molecule has 2 aromatic rings. The van der Waals surface area contributed by atoms with Crippen LogP contribution in [0.4, 0.5) is 4.39 Å². The van der Waals surface area contributed by atoms with E-state index in [2.05, 4.69) is 5.10 Å². The number of aryl methyl sites for hydroxylation is 1. The Hall–Kier alpha value is -1.68. The van der Waals surface area contributed by atoms with E-state index in [1.807, 2.05) is 13.8 Å². The summed E-state index contributed by atoms with van der Waals surface area (Å²) in [5.74, 6) is -0.271. The first kappa shape index (κ1) is 14.7. The highest BCUT2D eigenvalue weighted by Crippen LogP contribution is 2.21. The Balaban J connectivity index is 2.40. The zero-order valence-electron chi connectivity index (χ0n) is 11.7. The summed E-state index contributed by atoms with van der Waals surface area (Å²) in [5.41, 5.74) is 2.78. The molecular formula is C15H16ClFN2O. The van der Waals surface area contributed by atoms with Gasteiger partial charge in [-0.1, -0.05) is 18.5 Å². The zero-order valence-corrected chi connectivity index (χ0v) is 12.5. The Morgan fingerprint density at radius 1 is 1.40 bits per heavy atom. The predicted molar refractivity (Wildman–Crippen MR) is 76.8 cm³/mol. The molecule has 0 spiro atoms. The molecule has 0 saturated carbocycles. The van der Waals surface area contributed by atoms with E-state index >= 15 is 0 Å². The van der Waals surface area contributed by atoms with Crippen LogP contribution in [0.1, 0.15) is 40.7 Å². The van der Waals surface area contributed by atoms with Crippen LogP contribution in [0, 0.1) is 19.7 Å². The Labute approximate surface area is 122 Å². The molecule has 0 aliphatic heterocycles. The standard InChI is InChI=1S/C15H16ClFN2O/c1-4-14(20)15-9(2)18-19(10(15)3)8-11-7-12(17)5-6-13(11)16/h5-7H,4,8H2,1-3H3. The molecule has 20 heavy (non-hydrogen) atoms. The van der Waals surface area contributed by atoms with Crippen molar-refractivity contribution in [3.8, 4) is 0 Å². The lowest BCUT2D eigenvalue weighted by atomic mass is 10.1. The number of aromatic nitrogens is 2. The van der Waals surface area contributed by atoms with E-state index in [1.165, 1.54) is 18.2 Å². The highest BCUT2D eigenvalue weighted by molar-refractivity contribution is 6.31. The van der Waals surface area contributed by atoms with Crippen molar-refractivity contribution in [2.24, 2.45) is 0 Å². The lowest BCUT2D eigenvalue weighted by Crippen LogP contribution is -2.06. The van der Waals surface area contributed by atoms with Gasteiger partial charge in [-0.25, -0.2) is 4.39 Å². The van der Waals surface area contributed by atoms with Gasteiger partial charge in [0.25, 0.3) is 0 Å². The molecule has 0 atom stereocenters. The summed E-state index contributed by atoms with van der Waals surface area (Å²) >= 11 is 6.06. The first-order valence-corrected chi connectivity index (χ1v) is 6.83. The molecule has 0 amide bonds. The van der Waals surface area contributed by atoms with Gasteiger partial charge in [-0.05, 0) is 37.6 Å². The van der Waals surface area contributed by atoms with Crippen molar-refractivity contribution in [2.75, 3.05) is 0 Å². The number of hydrogen-bond acceptors (Lipinski definition) is 2. The van der Waals surface area contributed by atoms with Crippen molar-refractivity contribution in [1.82, 2.24) is 9.78 Å². The van der Waals surface area contributed by atoms with Crippen LogP contribution < -0.4 is 0 Å². The molecule has 0 fully saturated rings. The maximum Gasteiger partial charge on any atom is 0.166 e. The quantitative estimate of drug-likeness (QED) is 0.801. The summed E-state index contributed by atoms with van der Waals surface area (Å²) < 4.78 is 15.0. The minimum absolute atomic E-state index is 0.0663. The highest BCUT2D eigenvalue weighted by atomic mass is 35.5. The second-order valence-corrected chi connectivity index (χ2v) is 5.12. The fourth-order valence-corrected chi connectivity index (χ4v) is 2.43. The lowest BCUT2D eigenvalue weighted by molar-refractivity contribution is 0.0987. The van der Waals surface area contributed by atoms with Gasteiger partial charge in [-0.2, -0.15) is 5.10 Å². The van der Waals surface area contributed by atoms with E-state index in [0.717, 1.165) is 5.69 Å². The first-order valence-electron chi connectivity index (χ1n) is 6.45. The minimum atomic E-state index is -0.337. The second kappa shape index (κ2) is 5.75. The molecule has 0 aliphatic rings. The van der Waals surface area contributed by atoms with Crippen LogP contribution >= 0.6 is 11.6 Å². The maximum atomic E-state index is 13.3. The van der Waals surface area contributed by atoms with E-state index < -0.39 is 0 Å². The topological polar surface area (TPSA) is 34.9 Å². The summed E-state index contributed by atoms with van der Waals surface area (Å²) in [6.07, 6.45) is 0.439. The molecule has 106 valence electrons. The van der Waals surface area contributed by atoms with E-state index in [-0.39, 0.29) is 11.6 Å². The molecule has 1 aromatic heterocycles. The van der Waals surface area contributed by atoms with Gasteiger partial charge in [0.15, 0.2) is 5.78 Å². The van der Waals surface area contributed by atoms with Crippen molar-refractivity contribution in [2.45, 2.75) is 33.7 Å². The molecular weight excluding hydrogens is 279 g/mol. The van der Waals surface area contributed by atoms with Crippen LogP contribution in [0.3, 0.4) is 0 Å². The number of halogens is 2. The van der Waals surface area contributed by atoms with Gasteiger partial charge in [0, 0.05) is 17.1 Å². The number of ketones is 1. The summed E-state index contributed by atoms with van der Waals surface area (Å²) in [6, 6.07) is 4.23. The fourth-order valence-electron chi connectivity index (χ4n) is 2.26. The molecule has 0 radical (unpaired) electrons. The van der Waals surface area contributed by atoms with Crippen LogP contribution in [-0.2, 0) is 6.54 Å². The third kappa shape index (κ3) is 2.75. The second-order valence-electron chi connectivity index (χ2n) is 4.72. The van der Waals surface area contributed by atoms with Gasteiger partial charge in [-0.15, -0.1) is 0 Å². The Kier molecular flexibility index (Phi) is 4.23. The van der Waals surface area contributed by atoms with Crippen molar-refractivity contribution in [1.29, 1.82) is 0 Å². The number of carbonyl (C=O) groups excluding carboxylic acids is 1. The predicted octanol–water partition coefficient (Wildman–Crippen LogP) is 3.93. The van der Waals surface area contributed by atoms with Crippen molar-refractivity contribution >= 4 is 17.4 Å². The summed E-state index contributed by atoms with van der Waals surface area (Å²) in [6.45, 7) is 5.82. The van der Waals surface area contributed by atoms with E-state index in [1.54, 1.807) is 11.6 Å². The molecule has 3 nitrogen and oxygen atoms in total. The number of carbonyl (C=O) groups is 1. The molecule has 0 unspecified atom stereocenters. The van der Waals surface area contributed by atoms with Crippen LogP contribution in [-0.4, -0.2) is 15.6 Å². The number of Topliss-reactive ketones (excluding diaryl/α,β-unsaturated/α-hetero) is 1. The third-order valence-corrected chi connectivity index (χ3v) is 3.68. The van der Waals surface area contributed by atoms with Gasteiger partial charge in [0.05, 0.1) is 17.8 Å².